The quantitative estimate of drug-likeness (QED) is 0.478. The molecule has 0 bridgehead atoms. The molecule has 2 aromatic rings. The van der Waals surface area contributed by atoms with Gasteiger partial charge >= 0.3 is 5.97 Å². The first kappa shape index (κ1) is 12.6. The Hall–Kier alpha value is -1.89. The molecule has 18 heavy (non-hydrogen) atoms. The number of aromatic nitrogens is 1. The minimum Gasteiger partial charge on any atom is -0.480 e. The second kappa shape index (κ2) is 5.18. The number of fused-ring (bicyclic) bond motifs is 1. The summed E-state index contributed by atoms with van der Waals surface area (Å²) in [5, 5.41) is 21.4. The number of nitrogens with two attached hydrogens (primary N) is 1. The molecule has 6 N–H and O–H groups in total. The minimum absolute atomic E-state index is 0.244. The smallest absolute Gasteiger partial charge is 0.321 e. The van der Waals surface area contributed by atoms with Crippen LogP contribution in [0.1, 0.15) is 5.56 Å². The second-order valence-corrected chi connectivity index (χ2v) is 4.07. The van der Waals surface area contributed by atoms with Crippen LogP contribution in [0.3, 0.4) is 0 Å². The fourth-order valence-corrected chi connectivity index (χ4v) is 1.94. The largest absolute Gasteiger partial charge is 0.480 e. The van der Waals surface area contributed by atoms with Crippen molar-refractivity contribution in [2.75, 3.05) is 0 Å². The highest BCUT2D eigenvalue weighted by Gasteiger charge is 2.20. The SMILES string of the molecule is NC(O)N[C@H](Cc1c[nH]c2ccccc12)C(=O)O. The third-order valence-electron chi connectivity index (χ3n) is 2.77. The lowest BCUT2D eigenvalue weighted by Crippen LogP contribution is -2.48. The summed E-state index contributed by atoms with van der Waals surface area (Å²) in [5.41, 5.74) is 6.96. The number of aromatic amines is 1. The van der Waals surface area contributed by atoms with E-state index in [0.29, 0.717) is 0 Å². The van der Waals surface area contributed by atoms with Gasteiger partial charge in [0.25, 0.3) is 0 Å². The lowest BCUT2D eigenvalue weighted by molar-refractivity contribution is -0.140. The van der Waals surface area contributed by atoms with Crippen LogP contribution in [-0.4, -0.2) is 33.6 Å². The highest BCUT2D eigenvalue weighted by Crippen LogP contribution is 2.19. The molecule has 0 fully saturated rings. The summed E-state index contributed by atoms with van der Waals surface area (Å²) in [7, 11) is 0. The first-order valence-electron chi connectivity index (χ1n) is 5.55. The molecule has 0 spiro atoms. The van der Waals surface area contributed by atoms with Gasteiger partial charge in [0, 0.05) is 23.5 Å². The summed E-state index contributed by atoms with van der Waals surface area (Å²) in [6.45, 7) is 0. The van der Waals surface area contributed by atoms with E-state index in [2.05, 4.69) is 10.3 Å². The Morgan fingerprint density at radius 2 is 2.17 bits per heavy atom. The number of carboxylic acids is 1. The third kappa shape index (κ3) is 2.67. The van der Waals surface area contributed by atoms with Crippen LogP contribution >= 0.6 is 0 Å². The van der Waals surface area contributed by atoms with Gasteiger partial charge in [-0.05, 0) is 11.6 Å². The number of benzene rings is 1. The van der Waals surface area contributed by atoms with E-state index in [-0.39, 0.29) is 6.42 Å². The monoisotopic (exact) mass is 249 g/mol. The number of para-hydroxylation sites is 1. The lowest BCUT2D eigenvalue weighted by atomic mass is 10.1. The molecule has 1 aromatic heterocycles. The molecule has 0 aliphatic heterocycles. The van der Waals surface area contributed by atoms with Gasteiger partial charge in [-0.25, -0.2) is 0 Å². The van der Waals surface area contributed by atoms with E-state index >= 15 is 0 Å². The van der Waals surface area contributed by atoms with Gasteiger partial charge in [-0.1, -0.05) is 18.2 Å². The Balaban J connectivity index is 2.23. The summed E-state index contributed by atoms with van der Waals surface area (Å²) in [6.07, 6.45) is 0.662. The van der Waals surface area contributed by atoms with Crippen LogP contribution in [0, 0.1) is 0 Å². The molecule has 6 nitrogen and oxygen atoms in total. The van der Waals surface area contributed by atoms with E-state index in [1.807, 2.05) is 24.3 Å². The van der Waals surface area contributed by atoms with Gasteiger partial charge in [-0.3, -0.25) is 15.8 Å². The van der Waals surface area contributed by atoms with Crippen LogP contribution in [-0.2, 0) is 11.2 Å². The number of aliphatic hydroxyl groups is 1. The molecule has 1 aromatic carbocycles. The van der Waals surface area contributed by atoms with Crippen molar-refractivity contribution in [1.82, 2.24) is 10.3 Å². The van der Waals surface area contributed by atoms with Gasteiger partial charge in [-0.2, -0.15) is 0 Å². The summed E-state index contributed by atoms with van der Waals surface area (Å²) < 4.78 is 0. The fourth-order valence-electron chi connectivity index (χ4n) is 1.94. The van der Waals surface area contributed by atoms with Crippen LogP contribution in [0.2, 0.25) is 0 Å². The Kier molecular flexibility index (Phi) is 3.61. The van der Waals surface area contributed by atoms with Gasteiger partial charge < -0.3 is 15.2 Å². The maximum absolute atomic E-state index is 11.1. The molecular weight excluding hydrogens is 234 g/mol. The molecule has 2 atom stereocenters. The highest BCUT2D eigenvalue weighted by atomic mass is 16.4. The molecule has 0 amide bonds. The predicted octanol–water partition coefficient (Wildman–Crippen LogP) is -0.0122. The average molecular weight is 249 g/mol. The maximum atomic E-state index is 11.1. The van der Waals surface area contributed by atoms with Gasteiger partial charge in [0.15, 0.2) is 6.35 Å². The van der Waals surface area contributed by atoms with Crippen LogP contribution in [0.4, 0.5) is 0 Å². The molecule has 6 heteroatoms. The molecule has 1 heterocycles. The zero-order chi connectivity index (χ0) is 13.1. The van der Waals surface area contributed by atoms with Crippen molar-refractivity contribution >= 4 is 16.9 Å². The van der Waals surface area contributed by atoms with Gasteiger partial charge in [-0.15, -0.1) is 0 Å². The summed E-state index contributed by atoms with van der Waals surface area (Å²) >= 11 is 0. The molecule has 1 unspecified atom stereocenters. The van der Waals surface area contributed by atoms with E-state index in [1.165, 1.54) is 0 Å². The van der Waals surface area contributed by atoms with Gasteiger partial charge in [0.2, 0.25) is 0 Å². The van der Waals surface area contributed by atoms with Crippen molar-refractivity contribution in [2.24, 2.45) is 5.73 Å². The van der Waals surface area contributed by atoms with Gasteiger partial charge in [0.1, 0.15) is 6.04 Å². The molecule has 0 radical (unpaired) electrons. The average Bonchev–Trinajstić information content (AvgIpc) is 2.71. The molecule has 0 saturated carbocycles. The number of carbonyl (C=O) groups is 1. The van der Waals surface area contributed by atoms with Crippen LogP contribution < -0.4 is 11.1 Å². The van der Waals surface area contributed by atoms with Crippen molar-refractivity contribution in [3.63, 3.8) is 0 Å². The number of rotatable bonds is 5. The van der Waals surface area contributed by atoms with Crippen molar-refractivity contribution in [3.8, 4) is 0 Å². The van der Waals surface area contributed by atoms with Crippen molar-refractivity contribution < 1.29 is 15.0 Å². The Labute approximate surface area is 103 Å². The van der Waals surface area contributed by atoms with E-state index in [0.717, 1.165) is 16.5 Å². The van der Waals surface area contributed by atoms with Crippen molar-refractivity contribution in [2.45, 2.75) is 18.8 Å². The zero-order valence-corrected chi connectivity index (χ0v) is 9.63. The Bertz CT molecular complexity index is 550. The number of aliphatic hydroxyl groups excluding tert-OH is 1. The Morgan fingerprint density at radius 3 is 2.83 bits per heavy atom. The van der Waals surface area contributed by atoms with E-state index in [9.17, 15) is 4.79 Å². The number of hydrogen-bond acceptors (Lipinski definition) is 4. The predicted molar refractivity (Wildman–Crippen MR) is 66.8 cm³/mol. The van der Waals surface area contributed by atoms with Gasteiger partial charge in [0.05, 0.1) is 0 Å². The van der Waals surface area contributed by atoms with E-state index in [1.54, 1.807) is 6.20 Å². The maximum Gasteiger partial charge on any atom is 0.321 e. The molecular formula is C12H15N3O3. The second-order valence-electron chi connectivity index (χ2n) is 4.07. The molecule has 2 rings (SSSR count). The fraction of sp³-hybridized carbons (Fsp3) is 0.250. The third-order valence-corrected chi connectivity index (χ3v) is 2.77. The summed E-state index contributed by atoms with van der Waals surface area (Å²) in [6, 6.07) is 6.70. The summed E-state index contributed by atoms with van der Waals surface area (Å²) in [4.78, 5) is 14.1. The minimum atomic E-state index is -1.35. The topological polar surface area (TPSA) is 111 Å². The molecule has 96 valence electrons. The van der Waals surface area contributed by atoms with Crippen LogP contribution in [0.5, 0.6) is 0 Å². The van der Waals surface area contributed by atoms with Crippen molar-refractivity contribution in [3.05, 3.63) is 36.0 Å². The van der Waals surface area contributed by atoms with E-state index < -0.39 is 18.4 Å². The molecule has 0 aliphatic carbocycles. The number of nitrogens with one attached hydrogen (secondary N) is 2. The Morgan fingerprint density at radius 1 is 1.44 bits per heavy atom. The normalized spacial score (nSPS) is 14.6. The lowest BCUT2D eigenvalue weighted by Gasteiger charge is -2.15. The molecule has 0 saturated heterocycles. The number of carboxylic acid groups (broad SMARTS) is 1. The standard InChI is InChI=1S/C12H15N3O3/c13-12(18)15-10(11(16)17)5-7-6-14-9-4-2-1-3-8(7)9/h1-4,6,10,12,14-15,18H,5,13H2,(H,16,17)/t10-,12?/m1/s1. The zero-order valence-electron chi connectivity index (χ0n) is 9.63. The number of hydrogen-bond donors (Lipinski definition) is 5. The molecule has 0 aliphatic rings. The first-order valence-corrected chi connectivity index (χ1v) is 5.55. The van der Waals surface area contributed by atoms with Crippen LogP contribution in [0.15, 0.2) is 30.5 Å². The van der Waals surface area contributed by atoms with Crippen LogP contribution in [0.25, 0.3) is 10.9 Å². The van der Waals surface area contributed by atoms with Crippen molar-refractivity contribution in [1.29, 1.82) is 0 Å². The number of H-pyrrole nitrogens is 1. The highest BCUT2D eigenvalue weighted by molar-refractivity contribution is 5.84. The van der Waals surface area contributed by atoms with E-state index in [4.69, 9.17) is 15.9 Å². The summed E-state index contributed by atoms with van der Waals surface area (Å²) in [5.74, 6) is -1.05. The number of aliphatic carboxylic acids is 1. The first-order chi connectivity index (χ1) is 8.58.